The first-order valence-electron chi connectivity index (χ1n) is 6.45. The van der Waals surface area contributed by atoms with Crippen molar-refractivity contribution in [2.75, 3.05) is 0 Å². The van der Waals surface area contributed by atoms with Gasteiger partial charge in [0.1, 0.15) is 5.82 Å². The van der Waals surface area contributed by atoms with E-state index in [1.807, 2.05) is 19.1 Å². The zero-order valence-electron chi connectivity index (χ0n) is 10.8. The summed E-state index contributed by atoms with van der Waals surface area (Å²) < 4.78 is 2.23. The molecular formula is C14H18Cl2N2. The van der Waals surface area contributed by atoms with Gasteiger partial charge in [0.05, 0.1) is 21.1 Å². The van der Waals surface area contributed by atoms with Gasteiger partial charge in [0.15, 0.2) is 0 Å². The number of rotatable bonds is 5. The number of hydrogen-bond acceptors (Lipinski definition) is 1. The van der Waals surface area contributed by atoms with Crippen LogP contribution in [0.2, 0.25) is 10.0 Å². The van der Waals surface area contributed by atoms with Crippen LogP contribution in [0.1, 0.15) is 38.4 Å². The smallest absolute Gasteiger partial charge is 0.106 e. The topological polar surface area (TPSA) is 17.8 Å². The highest BCUT2D eigenvalue weighted by Crippen LogP contribution is 2.28. The largest absolute Gasteiger partial charge is 0.328 e. The van der Waals surface area contributed by atoms with Crippen molar-refractivity contribution in [3.8, 4) is 0 Å². The Bertz CT molecular complexity index is 546. The fourth-order valence-corrected chi connectivity index (χ4v) is 2.54. The van der Waals surface area contributed by atoms with E-state index in [1.54, 1.807) is 0 Å². The Morgan fingerprint density at radius 2 is 1.83 bits per heavy atom. The summed E-state index contributed by atoms with van der Waals surface area (Å²) in [4.78, 5) is 4.53. The number of fused-ring (bicyclic) bond motifs is 1. The van der Waals surface area contributed by atoms with E-state index in [1.165, 1.54) is 25.7 Å². The SMILES string of the molecule is CCCCCCn1c(C)nc2cc(Cl)c(Cl)cc21. The predicted octanol–water partition coefficient (Wildman–Crippen LogP) is 5.23. The minimum absolute atomic E-state index is 0.569. The van der Waals surface area contributed by atoms with E-state index in [-0.39, 0.29) is 0 Å². The Kier molecular flexibility index (Phi) is 4.52. The highest BCUT2D eigenvalue weighted by atomic mass is 35.5. The number of unbranched alkanes of at least 4 members (excludes halogenated alkanes) is 3. The van der Waals surface area contributed by atoms with Gasteiger partial charge in [0, 0.05) is 6.54 Å². The summed E-state index contributed by atoms with van der Waals surface area (Å²) in [6, 6.07) is 3.76. The third-order valence-corrected chi connectivity index (χ3v) is 3.94. The summed E-state index contributed by atoms with van der Waals surface area (Å²) in [6.45, 7) is 5.25. The first-order valence-corrected chi connectivity index (χ1v) is 7.21. The molecule has 0 bridgehead atoms. The van der Waals surface area contributed by atoms with Gasteiger partial charge in [-0.2, -0.15) is 0 Å². The normalized spacial score (nSPS) is 11.3. The fraction of sp³-hybridized carbons (Fsp3) is 0.500. The van der Waals surface area contributed by atoms with Gasteiger partial charge < -0.3 is 4.57 Å². The maximum Gasteiger partial charge on any atom is 0.106 e. The molecule has 1 aromatic heterocycles. The van der Waals surface area contributed by atoms with Gasteiger partial charge in [0.25, 0.3) is 0 Å². The van der Waals surface area contributed by atoms with Crippen molar-refractivity contribution in [2.45, 2.75) is 46.1 Å². The van der Waals surface area contributed by atoms with Crippen LogP contribution < -0.4 is 0 Å². The molecule has 4 heteroatoms. The molecule has 18 heavy (non-hydrogen) atoms. The molecule has 0 aliphatic heterocycles. The van der Waals surface area contributed by atoms with Gasteiger partial charge in [-0.05, 0) is 25.5 Å². The Hall–Kier alpha value is -0.730. The summed E-state index contributed by atoms with van der Waals surface area (Å²) >= 11 is 12.1. The lowest BCUT2D eigenvalue weighted by atomic mass is 10.2. The molecule has 0 aliphatic rings. The predicted molar refractivity (Wildman–Crippen MR) is 78.6 cm³/mol. The van der Waals surface area contributed by atoms with Crippen molar-refractivity contribution in [3.63, 3.8) is 0 Å². The van der Waals surface area contributed by atoms with Crippen LogP contribution in [-0.2, 0) is 6.54 Å². The standard InChI is InChI=1S/C14H18Cl2N2/c1-3-4-5-6-7-18-10(2)17-13-8-11(15)12(16)9-14(13)18/h8-9H,3-7H2,1-2H3. The zero-order chi connectivity index (χ0) is 13.1. The minimum atomic E-state index is 0.569. The molecule has 0 spiro atoms. The Morgan fingerprint density at radius 1 is 1.11 bits per heavy atom. The second-order valence-corrected chi connectivity index (χ2v) is 5.44. The van der Waals surface area contributed by atoms with Crippen LogP contribution in [0.3, 0.4) is 0 Å². The maximum atomic E-state index is 6.08. The van der Waals surface area contributed by atoms with Crippen LogP contribution in [0.5, 0.6) is 0 Å². The van der Waals surface area contributed by atoms with Gasteiger partial charge in [-0.25, -0.2) is 4.98 Å². The maximum absolute atomic E-state index is 6.08. The first-order chi connectivity index (χ1) is 8.63. The fourth-order valence-electron chi connectivity index (χ4n) is 2.22. The van der Waals surface area contributed by atoms with E-state index in [4.69, 9.17) is 23.2 Å². The summed E-state index contributed by atoms with van der Waals surface area (Å²) in [5, 5.41) is 1.17. The number of halogens is 2. The van der Waals surface area contributed by atoms with Gasteiger partial charge in [-0.3, -0.25) is 0 Å². The summed E-state index contributed by atoms with van der Waals surface area (Å²) in [6.07, 6.45) is 4.99. The average molecular weight is 285 g/mol. The minimum Gasteiger partial charge on any atom is -0.328 e. The van der Waals surface area contributed by atoms with Crippen LogP contribution in [0, 0.1) is 6.92 Å². The first kappa shape index (κ1) is 13.7. The molecule has 0 fully saturated rings. The molecule has 0 atom stereocenters. The molecule has 2 nitrogen and oxygen atoms in total. The lowest BCUT2D eigenvalue weighted by Gasteiger charge is -2.07. The summed E-state index contributed by atoms with van der Waals surface area (Å²) in [7, 11) is 0. The molecule has 98 valence electrons. The van der Waals surface area contributed by atoms with E-state index in [9.17, 15) is 0 Å². The quantitative estimate of drug-likeness (QED) is 0.687. The lowest BCUT2D eigenvalue weighted by Crippen LogP contribution is -2.00. The van der Waals surface area contributed by atoms with E-state index in [0.29, 0.717) is 10.0 Å². The Labute approximate surface area is 118 Å². The lowest BCUT2D eigenvalue weighted by molar-refractivity contribution is 0.582. The third kappa shape index (κ3) is 2.81. The molecule has 0 amide bonds. The number of aromatic nitrogens is 2. The van der Waals surface area contributed by atoms with Crippen molar-refractivity contribution in [3.05, 3.63) is 28.0 Å². The molecular weight excluding hydrogens is 267 g/mol. The number of aryl methyl sites for hydroxylation is 2. The molecule has 0 radical (unpaired) electrons. The molecule has 1 heterocycles. The van der Waals surface area contributed by atoms with Crippen molar-refractivity contribution in [1.82, 2.24) is 9.55 Å². The van der Waals surface area contributed by atoms with Crippen LogP contribution in [-0.4, -0.2) is 9.55 Å². The number of imidazole rings is 1. The second kappa shape index (κ2) is 5.94. The Morgan fingerprint density at radius 3 is 2.56 bits per heavy atom. The molecule has 0 saturated carbocycles. The summed E-state index contributed by atoms with van der Waals surface area (Å²) in [5.41, 5.74) is 2.01. The third-order valence-electron chi connectivity index (χ3n) is 3.22. The van der Waals surface area contributed by atoms with Crippen LogP contribution in [0.25, 0.3) is 11.0 Å². The molecule has 1 aromatic carbocycles. The molecule has 0 saturated heterocycles. The Balaban J connectivity index is 2.26. The van der Waals surface area contributed by atoms with Crippen LogP contribution in [0.4, 0.5) is 0 Å². The van der Waals surface area contributed by atoms with E-state index in [2.05, 4.69) is 16.5 Å². The van der Waals surface area contributed by atoms with Crippen molar-refractivity contribution >= 4 is 34.2 Å². The van der Waals surface area contributed by atoms with Crippen molar-refractivity contribution in [1.29, 1.82) is 0 Å². The van der Waals surface area contributed by atoms with Gasteiger partial charge >= 0.3 is 0 Å². The second-order valence-electron chi connectivity index (χ2n) is 4.63. The zero-order valence-corrected chi connectivity index (χ0v) is 12.4. The van der Waals surface area contributed by atoms with Crippen LogP contribution in [0.15, 0.2) is 12.1 Å². The van der Waals surface area contributed by atoms with E-state index < -0.39 is 0 Å². The van der Waals surface area contributed by atoms with Crippen LogP contribution >= 0.6 is 23.2 Å². The molecule has 0 aliphatic carbocycles. The molecule has 0 N–H and O–H groups in total. The van der Waals surface area contributed by atoms with E-state index >= 15 is 0 Å². The van der Waals surface area contributed by atoms with Gasteiger partial charge in [-0.15, -0.1) is 0 Å². The number of hydrogen-bond donors (Lipinski definition) is 0. The van der Waals surface area contributed by atoms with Crippen molar-refractivity contribution < 1.29 is 0 Å². The summed E-state index contributed by atoms with van der Waals surface area (Å²) in [5.74, 6) is 1.03. The van der Waals surface area contributed by atoms with E-state index in [0.717, 1.165) is 23.4 Å². The molecule has 2 aromatic rings. The average Bonchev–Trinajstić information content (AvgIpc) is 2.62. The monoisotopic (exact) mass is 284 g/mol. The number of nitrogens with zero attached hydrogens (tertiary/aromatic N) is 2. The highest BCUT2D eigenvalue weighted by Gasteiger charge is 2.09. The van der Waals surface area contributed by atoms with Gasteiger partial charge in [0.2, 0.25) is 0 Å². The number of benzene rings is 1. The van der Waals surface area contributed by atoms with Crippen molar-refractivity contribution in [2.24, 2.45) is 0 Å². The highest BCUT2D eigenvalue weighted by molar-refractivity contribution is 6.42. The molecule has 2 rings (SSSR count). The molecule has 0 unspecified atom stereocenters. The van der Waals surface area contributed by atoms with Gasteiger partial charge in [-0.1, -0.05) is 49.4 Å².